The zero-order chi connectivity index (χ0) is 15.3. The highest BCUT2D eigenvalue weighted by atomic mass is 32.2. The maximum absolute atomic E-state index is 12.6. The number of halogens is 3. The highest BCUT2D eigenvalue weighted by Crippen LogP contribution is 2.31. The number of aryl methyl sites for hydroxylation is 1. The van der Waals surface area contributed by atoms with Crippen LogP contribution < -0.4 is 5.73 Å². The molecule has 0 aliphatic heterocycles. The van der Waals surface area contributed by atoms with Gasteiger partial charge in [-0.25, -0.2) is 0 Å². The third kappa shape index (κ3) is 4.75. The van der Waals surface area contributed by atoms with E-state index < -0.39 is 11.7 Å². The van der Waals surface area contributed by atoms with E-state index >= 15 is 0 Å². The number of alkyl halides is 3. The van der Waals surface area contributed by atoms with Gasteiger partial charge >= 0.3 is 6.18 Å². The normalized spacial score (nSPS) is 11.8. The third-order valence-electron chi connectivity index (χ3n) is 2.74. The molecule has 4 nitrogen and oxygen atoms in total. The molecule has 1 aromatic carbocycles. The summed E-state index contributed by atoms with van der Waals surface area (Å²) in [5.41, 5.74) is 5.62. The minimum atomic E-state index is -4.31. The van der Waals surface area contributed by atoms with E-state index in [1.54, 1.807) is 16.9 Å². The standard InChI is InChI=1S/C13H15F3N4S/c14-13(15,16)10-2-1-3-12(8-10)21-7-6-20-9-11(4-5-17)18-19-20/h1-3,8-9H,4-7,17H2. The van der Waals surface area contributed by atoms with E-state index in [4.69, 9.17) is 5.73 Å². The Morgan fingerprint density at radius 2 is 2.10 bits per heavy atom. The molecule has 1 aromatic heterocycles. The lowest BCUT2D eigenvalue weighted by atomic mass is 10.2. The van der Waals surface area contributed by atoms with Gasteiger partial charge in [-0.2, -0.15) is 13.2 Å². The summed E-state index contributed by atoms with van der Waals surface area (Å²) in [6.07, 6.45) is -1.83. The molecule has 2 rings (SSSR count). The molecule has 21 heavy (non-hydrogen) atoms. The zero-order valence-corrected chi connectivity index (χ0v) is 12.0. The molecule has 0 unspecified atom stereocenters. The van der Waals surface area contributed by atoms with Crippen molar-refractivity contribution in [2.45, 2.75) is 24.0 Å². The Morgan fingerprint density at radius 3 is 2.81 bits per heavy atom. The lowest BCUT2D eigenvalue weighted by Crippen LogP contribution is -2.05. The fraction of sp³-hybridized carbons (Fsp3) is 0.385. The van der Waals surface area contributed by atoms with Crippen LogP contribution in [0.4, 0.5) is 13.2 Å². The Bertz CT molecular complexity index is 583. The molecule has 0 atom stereocenters. The van der Waals surface area contributed by atoms with Crippen LogP contribution in [0.5, 0.6) is 0 Å². The Labute approximate surface area is 124 Å². The van der Waals surface area contributed by atoms with E-state index in [1.807, 2.05) is 0 Å². The third-order valence-corrected chi connectivity index (χ3v) is 3.71. The Balaban J connectivity index is 1.88. The van der Waals surface area contributed by atoms with Crippen LogP contribution in [0.25, 0.3) is 0 Å². The lowest BCUT2D eigenvalue weighted by molar-refractivity contribution is -0.137. The number of benzene rings is 1. The average Bonchev–Trinajstić information content (AvgIpc) is 2.86. The average molecular weight is 316 g/mol. The predicted octanol–water partition coefficient (Wildman–Crippen LogP) is 2.59. The SMILES string of the molecule is NCCc1cn(CCSc2cccc(C(F)(F)F)c2)nn1. The van der Waals surface area contributed by atoms with Crippen LogP contribution in [-0.4, -0.2) is 27.3 Å². The number of hydrogen-bond acceptors (Lipinski definition) is 4. The van der Waals surface area contributed by atoms with Gasteiger partial charge in [-0.15, -0.1) is 16.9 Å². The van der Waals surface area contributed by atoms with Crippen molar-refractivity contribution in [3.8, 4) is 0 Å². The van der Waals surface area contributed by atoms with Crippen LogP contribution >= 0.6 is 11.8 Å². The summed E-state index contributed by atoms with van der Waals surface area (Å²) in [6.45, 7) is 1.09. The molecule has 0 saturated carbocycles. The second-order valence-corrected chi connectivity index (χ2v) is 5.55. The largest absolute Gasteiger partial charge is 0.416 e. The highest BCUT2D eigenvalue weighted by molar-refractivity contribution is 7.99. The van der Waals surface area contributed by atoms with Gasteiger partial charge in [0, 0.05) is 23.3 Å². The topological polar surface area (TPSA) is 56.7 Å². The molecule has 114 valence electrons. The molecule has 0 radical (unpaired) electrons. The molecule has 0 saturated heterocycles. The van der Waals surface area contributed by atoms with Crippen LogP contribution in [0.3, 0.4) is 0 Å². The number of nitrogens with two attached hydrogens (primary N) is 1. The Kier molecular flexibility index (Phi) is 5.24. The van der Waals surface area contributed by atoms with Crippen LogP contribution in [0.15, 0.2) is 35.4 Å². The molecule has 0 bridgehead atoms. The van der Waals surface area contributed by atoms with Crippen molar-refractivity contribution >= 4 is 11.8 Å². The molecule has 0 spiro atoms. The monoisotopic (exact) mass is 316 g/mol. The van der Waals surface area contributed by atoms with Gasteiger partial charge in [-0.1, -0.05) is 11.3 Å². The Morgan fingerprint density at radius 1 is 1.29 bits per heavy atom. The van der Waals surface area contributed by atoms with Gasteiger partial charge in [-0.3, -0.25) is 4.68 Å². The van der Waals surface area contributed by atoms with E-state index in [0.717, 1.165) is 17.8 Å². The van der Waals surface area contributed by atoms with E-state index in [-0.39, 0.29) is 0 Å². The number of rotatable bonds is 6. The smallest absolute Gasteiger partial charge is 0.330 e. The second-order valence-electron chi connectivity index (χ2n) is 4.39. The molecule has 2 aromatic rings. The van der Waals surface area contributed by atoms with Crippen LogP contribution in [0.2, 0.25) is 0 Å². The van der Waals surface area contributed by atoms with Gasteiger partial charge in [0.1, 0.15) is 0 Å². The Hall–Kier alpha value is -1.54. The number of aromatic nitrogens is 3. The maximum atomic E-state index is 12.6. The summed E-state index contributed by atoms with van der Waals surface area (Å²) in [7, 11) is 0. The summed E-state index contributed by atoms with van der Waals surface area (Å²) in [4.78, 5) is 0.590. The van der Waals surface area contributed by atoms with Crippen molar-refractivity contribution < 1.29 is 13.2 Å². The first-order chi connectivity index (χ1) is 9.99. The van der Waals surface area contributed by atoms with Crippen LogP contribution in [0, 0.1) is 0 Å². The van der Waals surface area contributed by atoms with E-state index in [9.17, 15) is 13.2 Å². The van der Waals surface area contributed by atoms with Gasteiger partial charge in [0.15, 0.2) is 0 Å². The highest BCUT2D eigenvalue weighted by Gasteiger charge is 2.30. The molecular formula is C13H15F3N4S. The van der Waals surface area contributed by atoms with Crippen molar-refractivity contribution in [2.24, 2.45) is 5.73 Å². The summed E-state index contributed by atoms with van der Waals surface area (Å²) in [5.74, 6) is 0.618. The summed E-state index contributed by atoms with van der Waals surface area (Å²) >= 11 is 1.35. The maximum Gasteiger partial charge on any atom is 0.416 e. The fourth-order valence-electron chi connectivity index (χ4n) is 1.73. The quantitative estimate of drug-likeness (QED) is 0.832. The van der Waals surface area contributed by atoms with Crippen molar-refractivity contribution in [1.82, 2.24) is 15.0 Å². The van der Waals surface area contributed by atoms with Gasteiger partial charge in [0.25, 0.3) is 0 Å². The molecule has 2 N–H and O–H groups in total. The van der Waals surface area contributed by atoms with Gasteiger partial charge in [0.2, 0.25) is 0 Å². The summed E-state index contributed by atoms with van der Waals surface area (Å²) in [6, 6.07) is 5.31. The molecule has 0 aliphatic carbocycles. The van der Waals surface area contributed by atoms with E-state index in [2.05, 4.69) is 10.3 Å². The molecule has 8 heteroatoms. The minimum Gasteiger partial charge on any atom is -0.330 e. The first kappa shape index (κ1) is 15.8. The fourth-order valence-corrected chi connectivity index (χ4v) is 2.63. The predicted molar refractivity (Wildman–Crippen MR) is 74.9 cm³/mol. The van der Waals surface area contributed by atoms with Gasteiger partial charge in [0.05, 0.1) is 17.8 Å². The molecule has 0 amide bonds. The molecule has 0 aliphatic rings. The molecule has 0 fully saturated rings. The zero-order valence-electron chi connectivity index (χ0n) is 11.2. The number of thioether (sulfide) groups is 1. The molecular weight excluding hydrogens is 301 g/mol. The van der Waals surface area contributed by atoms with Crippen LogP contribution in [-0.2, 0) is 19.1 Å². The minimum absolute atomic E-state index is 0.512. The summed E-state index contributed by atoms with van der Waals surface area (Å²) in [5, 5.41) is 7.89. The van der Waals surface area contributed by atoms with Gasteiger partial charge in [-0.05, 0) is 24.7 Å². The first-order valence-electron chi connectivity index (χ1n) is 6.38. The van der Waals surface area contributed by atoms with Crippen molar-refractivity contribution in [3.05, 3.63) is 41.7 Å². The first-order valence-corrected chi connectivity index (χ1v) is 7.37. The van der Waals surface area contributed by atoms with Crippen molar-refractivity contribution in [2.75, 3.05) is 12.3 Å². The van der Waals surface area contributed by atoms with Crippen LogP contribution in [0.1, 0.15) is 11.3 Å². The van der Waals surface area contributed by atoms with E-state index in [0.29, 0.717) is 30.2 Å². The second kappa shape index (κ2) is 6.95. The van der Waals surface area contributed by atoms with Gasteiger partial charge < -0.3 is 5.73 Å². The van der Waals surface area contributed by atoms with Crippen molar-refractivity contribution in [1.29, 1.82) is 0 Å². The number of nitrogens with zero attached hydrogens (tertiary/aromatic N) is 3. The molecule has 1 heterocycles. The van der Waals surface area contributed by atoms with Crippen molar-refractivity contribution in [3.63, 3.8) is 0 Å². The lowest BCUT2D eigenvalue weighted by Gasteiger charge is -2.08. The van der Waals surface area contributed by atoms with E-state index in [1.165, 1.54) is 17.8 Å². The summed E-state index contributed by atoms with van der Waals surface area (Å²) < 4.78 is 39.4. The number of hydrogen-bond donors (Lipinski definition) is 1.